The van der Waals surface area contributed by atoms with E-state index in [9.17, 15) is 13.2 Å². The maximum absolute atomic E-state index is 11.4. The average molecular weight is 304 g/mol. The molecule has 0 aromatic heterocycles. The van der Waals surface area contributed by atoms with Crippen molar-refractivity contribution in [3.8, 4) is 0 Å². The first-order valence-corrected chi connectivity index (χ1v) is 9.06. The molecule has 0 N–H and O–H groups in total. The summed E-state index contributed by atoms with van der Waals surface area (Å²) in [6.45, 7) is 4.63. The minimum Gasteiger partial charge on any atom is -0.340 e. The molecule has 0 unspecified atom stereocenters. The first-order valence-electron chi connectivity index (χ1n) is 7.24. The van der Waals surface area contributed by atoms with Gasteiger partial charge in [-0.15, -0.1) is 0 Å². The second-order valence-electron chi connectivity index (χ2n) is 5.73. The van der Waals surface area contributed by atoms with E-state index in [0.29, 0.717) is 0 Å². The lowest BCUT2D eigenvalue weighted by atomic mass is 9.91. The first-order chi connectivity index (χ1) is 9.37. The van der Waals surface area contributed by atoms with Crippen molar-refractivity contribution < 1.29 is 17.4 Å². The van der Waals surface area contributed by atoms with Gasteiger partial charge in [0.25, 0.3) is 10.1 Å². The van der Waals surface area contributed by atoms with E-state index in [2.05, 4.69) is 4.90 Å². The van der Waals surface area contributed by atoms with Gasteiger partial charge in [-0.05, 0) is 12.8 Å². The van der Waals surface area contributed by atoms with Gasteiger partial charge in [0.1, 0.15) is 0 Å². The maximum Gasteiger partial charge on any atom is 0.264 e. The fourth-order valence-corrected chi connectivity index (χ4v) is 3.87. The fourth-order valence-electron chi connectivity index (χ4n) is 3.20. The summed E-state index contributed by atoms with van der Waals surface area (Å²) in [7, 11) is -3.41. The molecule has 1 heterocycles. The largest absolute Gasteiger partial charge is 0.340 e. The zero-order chi connectivity index (χ0) is 14.8. The van der Waals surface area contributed by atoms with Crippen molar-refractivity contribution in [1.82, 2.24) is 9.80 Å². The molecule has 2 aliphatic rings. The molecule has 7 heteroatoms. The molecule has 1 saturated heterocycles. The van der Waals surface area contributed by atoms with E-state index in [1.807, 2.05) is 4.90 Å². The van der Waals surface area contributed by atoms with Crippen LogP contribution in [0.4, 0.5) is 0 Å². The Bertz CT molecular complexity index is 443. The number of piperazine rings is 1. The molecule has 2 atom stereocenters. The Kier molecular flexibility index (Phi) is 5.04. The van der Waals surface area contributed by atoms with Crippen LogP contribution in [0.25, 0.3) is 0 Å². The Morgan fingerprint density at radius 2 is 1.70 bits per heavy atom. The molecule has 0 bridgehead atoms. The number of amides is 1. The van der Waals surface area contributed by atoms with E-state index in [1.165, 1.54) is 0 Å². The van der Waals surface area contributed by atoms with Gasteiger partial charge in [0.05, 0.1) is 12.4 Å². The highest BCUT2D eigenvalue weighted by Gasteiger charge is 2.34. The number of hydrogen-bond acceptors (Lipinski definition) is 5. The normalized spacial score (nSPS) is 29.4. The minimum absolute atomic E-state index is 0.109. The lowest BCUT2D eigenvalue weighted by Crippen LogP contribution is -2.55. The predicted octanol–water partition coefficient (Wildman–Crippen LogP) is 0.438. The third kappa shape index (κ3) is 4.17. The van der Waals surface area contributed by atoms with Crippen molar-refractivity contribution >= 4 is 16.0 Å². The van der Waals surface area contributed by atoms with Crippen molar-refractivity contribution in [3.63, 3.8) is 0 Å². The Morgan fingerprint density at radius 3 is 2.25 bits per heavy atom. The molecule has 1 aliphatic carbocycles. The topological polar surface area (TPSA) is 66.9 Å². The molecule has 6 nitrogen and oxygen atoms in total. The van der Waals surface area contributed by atoms with Crippen molar-refractivity contribution in [3.05, 3.63) is 0 Å². The van der Waals surface area contributed by atoms with E-state index < -0.39 is 10.1 Å². The van der Waals surface area contributed by atoms with Gasteiger partial charge in [-0.2, -0.15) is 8.42 Å². The van der Waals surface area contributed by atoms with Crippen molar-refractivity contribution in [2.75, 3.05) is 32.4 Å². The SMILES string of the molecule is CC(=O)N1CCN([C@H]2CCCC[C@@H]2OS(C)(=O)=O)CC1. The van der Waals surface area contributed by atoms with Crippen molar-refractivity contribution in [2.24, 2.45) is 0 Å². The molecule has 20 heavy (non-hydrogen) atoms. The molecule has 1 aliphatic heterocycles. The molecule has 116 valence electrons. The quantitative estimate of drug-likeness (QED) is 0.708. The van der Waals surface area contributed by atoms with E-state index in [1.54, 1.807) is 6.92 Å². The molecule has 0 aromatic carbocycles. The van der Waals surface area contributed by atoms with Crippen LogP contribution in [0, 0.1) is 0 Å². The van der Waals surface area contributed by atoms with Gasteiger partial charge >= 0.3 is 0 Å². The van der Waals surface area contributed by atoms with E-state index in [0.717, 1.165) is 58.1 Å². The third-order valence-electron chi connectivity index (χ3n) is 4.19. The van der Waals surface area contributed by atoms with Gasteiger partial charge in [-0.3, -0.25) is 13.9 Å². The highest BCUT2D eigenvalue weighted by atomic mass is 32.2. The van der Waals surface area contributed by atoms with Crippen LogP contribution in [-0.2, 0) is 19.1 Å². The van der Waals surface area contributed by atoms with Crippen LogP contribution < -0.4 is 0 Å². The Hall–Kier alpha value is -0.660. The van der Waals surface area contributed by atoms with E-state index in [-0.39, 0.29) is 18.1 Å². The molecule has 2 fully saturated rings. The number of hydrogen-bond donors (Lipinski definition) is 0. The lowest BCUT2D eigenvalue weighted by Gasteiger charge is -2.43. The van der Waals surface area contributed by atoms with Crippen molar-refractivity contribution in [2.45, 2.75) is 44.8 Å². The van der Waals surface area contributed by atoms with Gasteiger partial charge in [-0.25, -0.2) is 0 Å². The highest BCUT2D eigenvalue weighted by molar-refractivity contribution is 7.86. The third-order valence-corrected chi connectivity index (χ3v) is 4.79. The van der Waals surface area contributed by atoms with E-state index in [4.69, 9.17) is 4.18 Å². The Morgan fingerprint density at radius 1 is 1.10 bits per heavy atom. The van der Waals surface area contributed by atoms with Gasteiger partial charge < -0.3 is 4.90 Å². The molecular weight excluding hydrogens is 280 g/mol. The van der Waals surface area contributed by atoms with Crippen LogP contribution in [0.1, 0.15) is 32.6 Å². The van der Waals surface area contributed by atoms with Crippen LogP contribution in [0.15, 0.2) is 0 Å². The summed E-state index contributed by atoms with van der Waals surface area (Å²) in [5, 5.41) is 0. The van der Waals surface area contributed by atoms with Gasteiger partial charge in [-0.1, -0.05) is 12.8 Å². The summed E-state index contributed by atoms with van der Waals surface area (Å²) in [6.07, 6.45) is 4.78. The zero-order valence-corrected chi connectivity index (χ0v) is 13.1. The summed E-state index contributed by atoms with van der Waals surface area (Å²) in [4.78, 5) is 15.5. The Labute approximate surface area is 121 Å². The smallest absolute Gasteiger partial charge is 0.264 e. The maximum atomic E-state index is 11.4. The highest BCUT2D eigenvalue weighted by Crippen LogP contribution is 2.27. The molecule has 2 rings (SSSR count). The molecular formula is C13H24N2O4S. The van der Waals surface area contributed by atoms with Crippen LogP contribution in [0.5, 0.6) is 0 Å². The van der Waals surface area contributed by atoms with E-state index >= 15 is 0 Å². The Balaban J connectivity index is 1.97. The van der Waals surface area contributed by atoms with Gasteiger partial charge in [0.15, 0.2) is 0 Å². The number of nitrogens with zero attached hydrogens (tertiary/aromatic N) is 2. The van der Waals surface area contributed by atoms with Crippen LogP contribution in [0.3, 0.4) is 0 Å². The molecule has 0 spiro atoms. The van der Waals surface area contributed by atoms with Gasteiger partial charge in [0, 0.05) is 39.1 Å². The predicted molar refractivity (Wildman–Crippen MR) is 75.8 cm³/mol. The van der Waals surface area contributed by atoms with Gasteiger partial charge in [0.2, 0.25) is 5.91 Å². The second-order valence-corrected chi connectivity index (χ2v) is 7.33. The van der Waals surface area contributed by atoms with Crippen LogP contribution in [0.2, 0.25) is 0 Å². The molecule has 1 amide bonds. The fraction of sp³-hybridized carbons (Fsp3) is 0.923. The summed E-state index contributed by atoms with van der Waals surface area (Å²) in [5.74, 6) is 0.109. The summed E-state index contributed by atoms with van der Waals surface area (Å²) >= 11 is 0. The monoisotopic (exact) mass is 304 g/mol. The van der Waals surface area contributed by atoms with Crippen LogP contribution in [-0.4, -0.2) is 68.7 Å². The summed E-state index contributed by atoms with van der Waals surface area (Å²) in [6, 6.07) is 0.160. The number of carbonyl (C=O) groups excluding carboxylic acids is 1. The van der Waals surface area contributed by atoms with Crippen molar-refractivity contribution in [1.29, 1.82) is 0 Å². The standard InChI is InChI=1S/C13H24N2O4S/c1-11(16)14-7-9-15(10-8-14)12-5-3-4-6-13(12)19-20(2,17)18/h12-13H,3-10H2,1-2H3/t12-,13-/m0/s1. The minimum atomic E-state index is -3.41. The average Bonchev–Trinajstić information content (AvgIpc) is 2.37. The molecule has 1 saturated carbocycles. The van der Waals surface area contributed by atoms with Crippen LogP contribution >= 0.6 is 0 Å². The second kappa shape index (κ2) is 6.41. The number of rotatable bonds is 3. The first kappa shape index (κ1) is 15.7. The summed E-state index contributed by atoms with van der Waals surface area (Å²) < 4.78 is 28.0. The molecule has 0 radical (unpaired) electrons. The number of carbonyl (C=O) groups is 1. The lowest BCUT2D eigenvalue weighted by molar-refractivity contribution is -0.131. The molecule has 0 aromatic rings. The zero-order valence-electron chi connectivity index (χ0n) is 12.2. The summed E-state index contributed by atoms with van der Waals surface area (Å²) in [5.41, 5.74) is 0.